The van der Waals surface area contributed by atoms with E-state index in [4.69, 9.17) is 4.74 Å². The highest BCUT2D eigenvalue weighted by molar-refractivity contribution is 5.85. The fourth-order valence-electron chi connectivity index (χ4n) is 3.97. The van der Waals surface area contributed by atoms with Crippen molar-refractivity contribution in [1.29, 1.82) is 0 Å². The molecule has 2 N–H and O–H groups in total. The Morgan fingerprint density at radius 3 is 2.32 bits per heavy atom. The van der Waals surface area contributed by atoms with E-state index in [0.29, 0.717) is 19.2 Å². The van der Waals surface area contributed by atoms with Gasteiger partial charge in [-0.15, -0.1) is 24.8 Å². The molecule has 1 unspecified atom stereocenters. The number of piperidine rings is 1. The summed E-state index contributed by atoms with van der Waals surface area (Å²) >= 11 is 0. The number of methoxy groups -OCH3 is 1. The van der Waals surface area contributed by atoms with Gasteiger partial charge in [0.05, 0.1) is 12.0 Å². The predicted octanol–water partition coefficient (Wildman–Crippen LogP) is 2.92. The minimum atomic E-state index is -0.388. The predicted molar refractivity (Wildman–Crippen MR) is 121 cm³/mol. The van der Waals surface area contributed by atoms with E-state index in [1.54, 1.807) is 7.11 Å². The first-order valence-electron chi connectivity index (χ1n) is 9.91. The van der Waals surface area contributed by atoms with E-state index in [9.17, 15) is 4.79 Å². The SMILES string of the molecule is CCN(CC)C(CNC(=O)C1(COC)CCNCC1)Cc1ccccc1.Cl.Cl. The van der Waals surface area contributed by atoms with Gasteiger partial charge < -0.3 is 15.4 Å². The zero-order valence-corrected chi connectivity index (χ0v) is 19.0. The summed E-state index contributed by atoms with van der Waals surface area (Å²) in [6.07, 6.45) is 2.62. The minimum absolute atomic E-state index is 0. The number of hydrogen-bond donors (Lipinski definition) is 2. The molecule has 1 saturated heterocycles. The van der Waals surface area contributed by atoms with E-state index in [1.165, 1.54) is 5.56 Å². The van der Waals surface area contributed by atoms with Gasteiger partial charge in [0.25, 0.3) is 0 Å². The van der Waals surface area contributed by atoms with E-state index < -0.39 is 0 Å². The number of likely N-dealkylation sites (N-methyl/N-ethyl adjacent to an activating group) is 1. The lowest BCUT2D eigenvalue weighted by Crippen LogP contribution is -2.53. The van der Waals surface area contributed by atoms with E-state index >= 15 is 0 Å². The van der Waals surface area contributed by atoms with E-state index in [1.807, 2.05) is 6.07 Å². The molecule has 1 atom stereocenters. The number of hydrogen-bond acceptors (Lipinski definition) is 4. The molecule has 162 valence electrons. The lowest BCUT2D eigenvalue weighted by Gasteiger charge is -2.37. The van der Waals surface area contributed by atoms with Crippen LogP contribution in [0.3, 0.4) is 0 Å². The maximum atomic E-state index is 13.0. The molecule has 0 aromatic heterocycles. The third kappa shape index (κ3) is 7.53. The van der Waals surface area contributed by atoms with E-state index in [2.05, 4.69) is 53.6 Å². The minimum Gasteiger partial charge on any atom is -0.384 e. The zero-order chi connectivity index (χ0) is 18.8. The van der Waals surface area contributed by atoms with Crippen LogP contribution in [0.1, 0.15) is 32.3 Å². The van der Waals surface area contributed by atoms with E-state index in [-0.39, 0.29) is 36.1 Å². The molecule has 1 heterocycles. The van der Waals surface area contributed by atoms with Gasteiger partial charge in [-0.3, -0.25) is 9.69 Å². The lowest BCUT2D eigenvalue weighted by atomic mass is 9.78. The maximum absolute atomic E-state index is 13.0. The number of carbonyl (C=O) groups is 1. The van der Waals surface area contributed by atoms with Crippen molar-refractivity contribution < 1.29 is 9.53 Å². The number of ether oxygens (including phenoxy) is 1. The smallest absolute Gasteiger partial charge is 0.228 e. The first-order valence-corrected chi connectivity index (χ1v) is 9.91. The third-order valence-electron chi connectivity index (χ3n) is 5.60. The van der Waals surface area contributed by atoms with Gasteiger partial charge in [0.2, 0.25) is 5.91 Å². The molecule has 7 heteroatoms. The Morgan fingerprint density at radius 1 is 1.18 bits per heavy atom. The first-order chi connectivity index (χ1) is 12.6. The Bertz CT molecular complexity index is 530. The summed E-state index contributed by atoms with van der Waals surface area (Å²) in [5.74, 6) is 0.145. The second-order valence-electron chi connectivity index (χ2n) is 7.24. The molecule has 0 saturated carbocycles. The van der Waals surface area contributed by atoms with Crippen LogP contribution in [-0.2, 0) is 16.0 Å². The van der Waals surface area contributed by atoms with Crippen molar-refractivity contribution in [2.75, 3.05) is 46.4 Å². The highest BCUT2D eigenvalue weighted by atomic mass is 35.5. The van der Waals surface area contributed by atoms with Gasteiger partial charge in [0, 0.05) is 19.7 Å². The van der Waals surface area contributed by atoms with Gasteiger partial charge in [-0.05, 0) is 51.0 Å². The number of nitrogens with one attached hydrogen (secondary N) is 2. The van der Waals surface area contributed by atoms with Crippen LogP contribution < -0.4 is 10.6 Å². The summed E-state index contributed by atoms with van der Waals surface area (Å²) in [6.45, 7) is 9.25. The fourth-order valence-corrected chi connectivity index (χ4v) is 3.97. The van der Waals surface area contributed by atoms with Crippen molar-refractivity contribution in [3.8, 4) is 0 Å². The maximum Gasteiger partial charge on any atom is 0.228 e. The molecule has 1 amide bonds. The first kappa shape index (κ1) is 27.1. The summed E-state index contributed by atoms with van der Waals surface area (Å²) in [5.41, 5.74) is 0.924. The summed E-state index contributed by atoms with van der Waals surface area (Å²) < 4.78 is 5.40. The molecular weight excluding hydrogens is 397 g/mol. The zero-order valence-electron chi connectivity index (χ0n) is 17.4. The molecule has 1 aliphatic rings. The van der Waals surface area contributed by atoms with Crippen LogP contribution >= 0.6 is 24.8 Å². The van der Waals surface area contributed by atoms with Crippen LogP contribution in [0, 0.1) is 5.41 Å². The highest BCUT2D eigenvalue weighted by Crippen LogP contribution is 2.29. The quantitative estimate of drug-likeness (QED) is 0.595. The number of nitrogens with zero attached hydrogens (tertiary/aromatic N) is 1. The number of halogens is 2. The average molecular weight is 434 g/mol. The summed E-state index contributed by atoms with van der Waals surface area (Å²) in [4.78, 5) is 15.5. The van der Waals surface area contributed by atoms with Gasteiger partial charge in [0.15, 0.2) is 0 Å². The molecule has 0 aliphatic carbocycles. The van der Waals surface area contributed by atoms with Crippen LogP contribution in [0.2, 0.25) is 0 Å². The Morgan fingerprint density at radius 2 is 1.79 bits per heavy atom. The van der Waals surface area contributed by atoms with Crippen molar-refractivity contribution in [2.24, 2.45) is 5.41 Å². The Balaban J connectivity index is 0.00000364. The molecular formula is C21H37Cl2N3O2. The van der Waals surface area contributed by atoms with Gasteiger partial charge in [-0.25, -0.2) is 0 Å². The standard InChI is InChI=1S/C21H35N3O2.2ClH/c1-4-24(5-2)19(15-18-9-7-6-8-10-18)16-23-20(25)21(17-26-3)11-13-22-14-12-21;;/h6-10,19,22H,4-5,11-17H2,1-3H3,(H,23,25);2*1H. The Kier molecular flexibility index (Phi) is 13.8. The normalized spacial score (nSPS) is 16.6. The molecule has 0 spiro atoms. The molecule has 2 rings (SSSR count). The molecule has 28 heavy (non-hydrogen) atoms. The van der Waals surface area contributed by atoms with Crippen molar-refractivity contribution >= 4 is 30.7 Å². The fraction of sp³-hybridized carbons (Fsp3) is 0.667. The second kappa shape index (κ2) is 14.2. The van der Waals surface area contributed by atoms with Crippen LogP contribution in [0.25, 0.3) is 0 Å². The third-order valence-corrected chi connectivity index (χ3v) is 5.60. The lowest BCUT2D eigenvalue weighted by molar-refractivity contribution is -0.136. The number of carbonyl (C=O) groups excluding carboxylic acids is 1. The molecule has 0 radical (unpaired) electrons. The second-order valence-corrected chi connectivity index (χ2v) is 7.24. The van der Waals surface area contributed by atoms with Gasteiger partial charge in [-0.1, -0.05) is 44.2 Å². The van der Waals surface area contributed by atoms with Crippen molar-refractivity contribution in [3.05, 3.63) is 35.9 Å². The molecule has 1 aromatic carbocycles. The Labute approximate surface area is 182 Å². The Hall–Kier alpha value is -0.850. The summed E-state index contributed by atoms with van der Waals surface area (Å²) in [5, 5.41) is 6.60. The molecule has 1 aliphatic heterocycles. The number of benzene rings is 1. The molecule has 0 bridgehead atoms. The number of rotatable bonds is 10. The molecule has 1 aromatic rings. The molecule has 5 nitrogen and oxygen atoms in total. The number of amides is 1. The van der Waals surface area contributed by atoms with Crippen molar-refractivity contribution in [1.82, 2.24) is 15.5 Å². The van der Waals surface area contributed by atoms with E-state index in [0.717, 1.165) is 45.4 Å². The van der Waals surface area contributed by atoms with Crippen LogP contribution in [0.4, 0.5) is 0 Å². The highest BCUT2D eigenvalue weighted by Gasteiger charge is 2.39. The van der Waals surface area contributed by atoms with Gasteiger partial charge in [-0.2, -0.15) is 0 Å². The summed E-state index contributed by atoms with van der Waals surface area (Å²) in [6, 6.07) is 10.8. The van der Waals surface area contributed by atoms with Crippen molar-refractivity contribution in [3.63, 3.8) is 0 Å². The largest absolute Gasteiger partial charge is 0.384 e. The van der Waals surface area contributed by atoms with Gasteiger partial charge >= 0.3 is 0 Å². The van der Waals surface area contributed by atoms with Gasteiger partial charge in [0.1, 0.15) is 0 Å². The van der Waals surface area contributed by atoms with Crippen molar-refractivity contribution in [2.45, 2.75) is 39.2 Å². The average Bonchev–Trinajstić information content (AvgIpc) is 2.68. The topological polar surface area (TPSA) is 53.6 Å². The van der Waals surface area contributed by atoms with Crippen LogP contribution in [-0.4, -0.2) is 63.3 Å². The monoisotopic (exact) mass is 433 g/mol. The summed E-state index contributed by atoms with van der Waals surface area (Å²) in [7, 11) is 1.69. The molecule has 1 fully saturated rings. The van der Waals surface area contributed by atoms with Crippen LogP contribution in [0.5, 0.6) is 0 Å². The van der Waals surface area contributed by atoms with Crippen LogP contribution in [0.15, 0.2) is 30.3 Å².